The van der Waals surface area contributed by atoms with Crippen LogP contribution in [0, 0.1) is 0 Å². The molecule has 1 saturated heterocycles. The number of rotatable bonds is 6. The average molecular weight is 477 g/mol. The Morgan fingerprint density at radius 2 is 1.88 bits per heavy atom. The summed E-state index contributed by atoms with van der Waals surface area (Å²) in [6.07, 6.45) is 0.0679. The molecule has 3 N–H and O–H groups in total. The predicted molar refractivity (Wildman–Crippen MR) is 119 cm³/mol. The molecule has 1 aromatic carbocycles. The Labute approximate surface area is 192 Å². The van der Waals surface area contributed by atoms with Crippen molar-refractivity contribution in [2.45, 2.75) is 18.6 Å². The van der Waals surface area contributed by atoms with E-state index in [1.807, 2.05) is 11.8 Å². The van der Waals surface area contributed by atoms with Crippen molar-refractivity contribution < 1.29 is 18.0 Å². The van der Waals surface area contributed by atoms with Crippen LogP contribution in [0.2, 0.25) is 5.02 Å². The normalized spacial score (nSPS) is 15.2. The van der Waals surface area contributed by atoms with Gasteiger partial charge in [0.1, 0.15) is 17.1 Å². The lowest BCUT2D eigenvalue weighted by molar-refractivity contribution is -0.137. The maximum atomic E-state index is 13.0. The largest absolute Gasteiger partial charge is 0.416 e. The first kappa shape index (κ1) is 22.9. The fourth-order valence-corrected chi connectivity index (χ4v) is 3.98. The molecule has 33 heavy (non-hydrogen) atoms. The van der Waals surface area contributed by atoms with Gasteiger partial charge < -0.3 is 16.0 Å². The number of carbonyl (C=O) groups is 1. The van der Waals surface area contributed by atoms with Gasteiger partial charge in [0, 0.05) is 36.6 Å². The fraction of sp³-hybridized carbons (Fsp3) is 0.273. The smallest absolute Gasteiger partial charge is 0.368 e. The van der Waals surface area contributed by atoms with Gasteiger partial charge in [-0.1, -0.05) is 30.7 Å². The third kappa shape index (κ3) is 4.36. The quantitative estimate of drug-likeness (QED) is 0.565. The highest BCUT2D eigenvalue weighted by atomic mass is 35.5. The van der Waals surface area contributed by atoms with Crippen LogP contribution >= 0.6 is 11.6 Å². The number of nitrogens with zero attached hydrogens (tertiary/aromatic N) is 4. The molecular weight excluding hydrogens is 457 g/mol. The molecule has 3 aromatic rings. The topological polar surface area (TPSA) is 97.0 Å². The number of halogens is 4. The second-order valence-corrected chi connectivity index (χ2v) is 8.10. The van der Waals surface area contributed by atoms with Crippen LogP contribution in [0.15, 0.2) is 48.9 Å². The van der Waals surface area contributed by atoms with E-state index in [0.717, 1.165) is 12.1 Å². The number of nitrogens with one attached hydrogen (secondary N) is 1. The molecule has 1 fully saturated rings. The minimum absolute atomic E-state index is 0.313. The zero-order chi connectivity index (χ0) is 23.8. The fourth-order valence-electron chi connectivity index (χ4n) is 3.78. The van der Waals surface area contributed by atoms with Crippen molar-refractivity contribution in [2.75, 3.05) is 24.5 Å². The van der Waals surface area contributed by atoms with Crippen LogP contribution in [0.25, 0.3) is 22.5 Å². The second kappa shape index (κ2) is 8.60. The number of likely N-dealkylation sites (N-methyl/N-ethyl adjacent to an activating group) is 1. The van der Waals surface area contributed by atoms with E-state index in [1.54, 1.807) is 12.3 Å². The third-order valence-electron chi connectivity index (χ3n) is 5.51. The lowest BCUT2D eigenvalue weighted by Crippen LogP contribution is -2.75. The van der Waals surface area contributed by atoms with Gasteiger partial charge in [-0.3, -0.25) is 14.8 Å². The molecule has 0 aliphatic carbocycles. The number of benzene rings is 1. The summed E-state index contributed by atoms with van der Waals surface area (Å²) in [4.78, 5) is 27.0. The maximum Gasteiger partial charge on any atom is 0.416 e. The molecule has 0 saturated carbocycles. The van der Waals surface area contributed by atoms with E-state index in [2.05, 4.69) is 15.3 Å². The summed E-state index contributed by atoms with van der Waals surface area (Å²) >= 11 is 6.35. The van der Waals surface area contributed by atoms with Gasteiger partial charge >= 0.3 is 6.18 Å². The van der Waals surface area contributed by atoms with Crippen molar-refractivity contribution in [1.82, 2.24) is 20.3 Å². The third-order valence-corrected chi connectivity index (χ3v) is 5.81. The minimum atomic E-state index is -4.44. The van der Waals surface area contributed by atoms with Crippen molar-refractivity contribution >= 4 is 23.3 Å². The van der Waals surface area contributed by atoms with Crippen LogP contribution in [-0.4, -0.2) is 46.0 Å². The van der Waals surface area contributed by atoms with Crippen molar-refractivity contribution in [1.29, 1.82) is 0 Å². The summed E-state index contributed by atoms with van der Waals surface area (Å²) in [5.74, 6) is 0.0376. The zero-order valence-corrected chi connectivity index (χ0v) is 18.3. The van der Waals surface area contributed by atoms with Gasteiger partial charge in [-0.25, -0.2) is 4.98 Å². The van der Waals surface area contributed by atoms with Crippen molar-refractivity contribution in [3.8, 4) is 22.5 Å². The van der Waals surface area contributed by atoms with Crippen LogP contribution in [-0.2, 0) is 11.0 Å². The van der Waals surface area contributed by atoms with E-state index in [-0.39, 0.29) is 0 Å². The first-order valence-corrected chi connectivity index (χ1v) is 10.5. The minimum Gasteiger partial charge on any atom is -0.368 e. The number of pyridine rings is 1. The Hall–Kier alpha value is -3.24. The number of hydrogen-bond acceptors (Lipinski definition) is 6. The Morgan fingerprint density at radius 3 is 2.45 bits per heavy atom. The van der Waals surface area contributed by atoms with E-state index in [0.29, 0.717) is 53.0 Å². The lowest BCUT2D eigenvalue weighted by Gasteiger charge is -2.48. The molecule has 2 aromatic heterocycles. The van der Waals surface area contributed by atoms with Gasteiger partial charge in [-0.2, -0.15) is 13.2 Å². The zero-order valence-electron chi connectivity index (χ0n) is 17.5. The number of amides is 1. The van der Waals surface area contributed by atoms with Crippen LogP contribution in [0.5, 0.6) is 0 Å². The van der Waals surface area contributed by atoms with Crippen LogP contribution < -0.4 is 16.0 Å². The molecule has 0 unspecified atom stereocenters. The molecule has 7 nitrogen and oxygen atoms in total. The molecule has 1 aliphatic heterocycles. The lowest BCUT2D eigenvalue weighted by atomic mass is 9.89. The summed E-state index contributed by atoms with van der Waals surface area (Å²) < 4.78 is 39.0. The number of aromatic nitrogens is 3. The average Bonchev–Trinajstić information content (AvgIpc) is 2.75. The number of primary amides is 1. The number of anilines is 1. The van der Waals surface area contributed by atoms with Gasteiger partial charge in [-0.15, -0.1) is 0 Å². The van der Waals surface area contributed by atoms with Crippen LogP contribution in [0.1, 0.15) is 12.5 Å². The summed E-state index contributed by atoms with van der Waals surface area (Å²) in [6, 6.07) is 6.34. The molecule has 4 rings (SSSR count). The van der Waals surface area contributed by atoms with E-state index in [9.17, 15) is 18.0 Å². The van der Waals surface area contributed by atoms with Gasteiger partial charge in [0.15, 0.2) is 0 Å². The van der Waals surface area contributed by atoms with Gasteiger partial charge in [0.2, 0.25) is 5.91 Å². The molecule has 0 spiro atoms. The first-order valence-electron chi connectivity index (χ1n) is 10.1. The highest BCUT2D eigenvalue weighted by Crippen LogP contribution is 2.37. The Morgan fingerprint density at radius 1 is 1.18 bits per heavy atom. The molecule has 1 aliphatic rings. The molecular formula is C22H20ClF3N6O. The SMILES string of the molecule is CCNC1(C(N)=O)CN(c2cnc(-c3ccc(C(F)(F)F)cc3)c(-c3ccncc3Cl)n2)C1. The number of nitrogens with two attached hydrogens (primary N) is 1. The van der Waals surface area contributed by atoms with Crippen LogP contribution in [0.3, 0.4) is 0 Å². The number of hydrogen-bond donors (Lipinski definition) is 2. The van der Waals surface area contributed by atoms with E-state index in [4.69, 9.17) is 22.3 Å². The Balaban J connectivity index is 1.75. The Bertz CT molecular complexity index is 1180. The molecule has 1 amide bonds. The predicted octanol–water partition coefficient (Wildman–Crippen LogP) is 3.53. The van der Waals surface area contributed by atoms with Gasteiger partial charge in [-0.05, 0) is 24.7 Å². The summed E-state index contributed by atoms with van der Waals surface area (Å²) in [7, 11) is 0. The second-order valence-electron chi connectivity index (χ2n) is 7.69. The number of alkyl halides is 3. The molecule has 0 bridgehead atoms. The molecule has 0 atom stereocenters. The van der Waals surface area contributed by atoms with Crippen LogP contribution in [0.4, 0.5) is 19.0 Å². The summed E-state index contributed by atoms with van der Waals surface area (Å²) in [5, 5.41) is 3.44. The van der Waals surface area contributed by atoms with Crippen molar-refractivity contribution in [3.05, 3.63) is 59.5 Å². The highest BCUT2D eigenvalue weighted by molar-refractivity contribution is 6.33. The van der Waals surface area contributed by atoms with Gasteiger partial charge in [0.05, 0.1) is 22.5 Å². The standard InChI is InChI=1S/C22H20ClF3N6O/c1-2-30-21(20(27)33)11-32(12-21)17-10-29-18(13-3-5-14(6-4-13)22(24,25)26)19(31-17)15-7-8-28-9-16(15)23/h3-10,30H,2,11-12H2,1H3,(H2,27,33). The maximum absolute atomic E-state index is 13.0. The molecule has 0 radical (unpaired) electrons. The van der Waals surface area contributed by atoms with E-state index in [1.165, 1.54) is 24.5 Å². The molecule has 172 valence electrons. The molecule has 11 heteroatoms. The van der Waals surface area contributed by atoms with E-state index < -0.39 is 23.2 Å². The van der Waals surface area contributed by atoms with Crippen molar-refractivity contribution in [3.63, 3.8) is 0 Å². The number of carbonyl (C=O) groups excluding carboxylic acids is 1. The first-order chi connectivity index (χ1) is 15.6. The van der Waals surface area contributed by atoms with E-state index >= 15 is 0 Å². The molecule has 3 heterocycles. The Kier molecular flexibility index (Phi) is 5.98. The van der Waals surface area contributed by atoms with Crippen molar-refractivity contribution in [2.24, 2.45) is 5.73 Å². The monoisotopic (exact) mass is 476 g/mol. The summed E-state index contributed by atoms with van der Waals surface area (Å²) in [6.45, 7) is 3.09. The summed E-state index contributed by atoms with van der Waals surface area (Å²) in [5.41, 5.74) is 5.71. The van der Waals surface area contributed by atoms with Gasteiger partial charge in [0.25, 0.3) is 0 Å². The highest BCUT2D eigenvalue weighted by Gasteiger charge is 2.48.